The van der Waals surface area contributed by atoms with Gasteiger partial charge in [-0.25, -0.2) is 4.68 Å². The number of likely N-dealkylation sites (tertiary alicyclic amines) is 1. The molecule has 0 unspecified atom stereocenters. The zero-order valence-corrected chi connectivity index (χ0v) is 15.7. The molecule has 2 saturated heterocycles. The summed E-state index contributed by atoms with van der Waals surface area (Å²) >= 11 is 0. The standard InChI is InChI=1S/C18H29N5O3/c1-21-7-4-14(5-8-21)18(25)19-6-3-16-13-23(9-10-26-16)15-11-17(24)22(2)20-12-15/h11-12,14,16H,3-10,13H2,1-2H3,(H,19,25)/t16-/m0/s1. The number of rotatable bonds is 5. The lowest BCUT2D eigenvalue weighted by Crippen LogP contribution is -2.45. The van der Waals surface area contributed by atoms with Crippen LogP contribution in [0.4, 0.5) is 5.69 Å². The van der Waals surface area contributed by atoms with Gasteiger partial charge in [-0.3, -0.25) is 9.59 Å². The van der Waals surface area contributed by atoms with Crippen LogP contribution in [0.15, 0.2) is 17.1 Å². The first-order chi connectivity index (χ1) is 12.5. The van der Waals surface area contributed by atoms with Gasteiger partial charge in [0, 0.05) is 38.7 Å². The summed E-state index contributed by atoms with van der Waals surface area (Å²) in [5.74, 6) is 0.308. The molecule has 0 saturated carbocycles. The third kappa shape index (κ3) is 4.82. The van der Waals surface area contributed by atoms with Crippen molar-refractivity contribution in [1.29, 1.82) is 0 Å². The molecule has 0 aromatic carbocycles. The van der Waals surface area contributed by atoms with E-state index in [9.17, 15) is 9.59 Å². The third-order valence-corrected chi connectivity index (χ3v) is 5.31. The van der Waals surface area contributed by atoms with Crippen molar-refractivity contribution >= 4 is 11.6 Å². The fourth-order valence-electron chi connectivity index (χ4n) is 3.53. The van der Waals surface area contributed by atoms with Crippen LogP contribution in [0, 0.1) is 5.92 Å². The summed E-state index contributed by atoms with van der Waals surface area (Å²) in [4.78, 5) is 28.4. The first-order valence-electron chi connectivity index (χ1n) is 9.39. The molecule has 0 bridgehead atoms. The Morgan fingerprint density at radius 1 is 1.31 bits per heavy atom. The molecule has 144 valence electrons. The van der Waals surface area contributed by atoms with Crippen LogP contribution in [0.5, 0.6) is 0 Å². The summed E-state index contributed by atoms with van der Waals surface area (Å²) in [5.41, 5.74) is 0.715. The molecule has 8 nitrogen and oxygen atoms in total. The number of nitrogens with one attached hydrogen (secondary N) is 1. The highest BCUT2D eigenvalue weighted by molar-refractivity contribution is 5.78. The average molecular weight is 363 g/mol. The number of hydrogen-bond acceptors (Lipinski definition) is 6. The zero-order chi connectivity index (χ0) is 18.5. The van der Waals surface area contributed by atoms with Crippen molar-refractivity contribution in [3.8, 4) is 0 Å². The maximum absolute atomic E-state index is 12.3. The monoisotopic (exact) mass is 363 g/mol. The molecule has 26 heavy (non-hydrogen) atoms. The summed E-state index contributed by atoms with van der Waals surface area (Å²) < 4.78 is 7.14. The number of amides is 1. The smallest absolute Gasteiger partial charge is 0.268 e. The van der Waals surface area contributed by atoms with Gasteiger partial charge in [0.25, 0.3) is 5.56 Å². The van der Waals surface area contributed by atoms with Crippen molar-refractivity contribution in [3.63, 3.8) is 0 Å². The van der Waals surface area contributed by atoms with Gasteiger partial charge in [0.05, 0.1) is 24.6 Å². The molecule has 3 rings (SSSR count). The fourth-order valence-corrected chi connectivity index (χ4v) is 3.53. The topological polar surface area (TPSA) is 79.7 Å². The Balaban J connectivity index is 1.44. The van der Waals surface area contributed by atoms with Crippen molar-refractivity contribution < 1.29 is 9.53 Å². The second-order valence-electron chi connectivity index (χ2n) is 7.27. The normalized spacial score (nSPS) is 22.4. The number of aromatic nitrogens is 2. The minimum absolute atomic E-state index is 0.0468. The van der Waals surface area contributed by atoms with Gasteiger partial charge in [-0.2, -0.15) is 5.10 Å². The van der Waals surface area contributed by atoms with E-state index >= 15 is 0 Å². The molecule has 0 aliphatic carbocycles. The highest BCUT2D eigenvalue weighted by atomic mass is 16.5. The molecule has 1 amide bonds. The average Bonchev–Trinajstić information content (AvgIpc) is 2.65. The van der Waals surface area contributed by atoms with Crippen molar-refractivity contribution in [2.75, 3.05) is 51.3 Å². The summed E-state index contributed by atoms with van der Waals surface area (Å²) in [6.45, 7) is 4.67. The van der Waals surface area contributed by atoms with E-state index in [-0.39, 0.29) is 23.5 Å². The van der Waals surface area contributed by atoms with Gasteiger partial charge in [-0.1, -0.05) is 0 Å². The highest BCUT2D eigenvalue weighted by Gasteiger charge is 2.24. The first kappa shape index (κ1) is 18.8. The second kappa shape index (κ2) is 8.64. The van der Waals surface area contributed by atoms with Crippen LogP contribution in [0.25, 0.3) is 0 Å². The van der Waals surface area contributed by atoms with Crippen LogP contribution in [0.2, 0.25) is 0 Å². The van der Waals surface area contributed by atoms with Crippen LogP contribution in [-0.2, 0) is 16.6 Å². The molecule has 0 radical (unpaired) electrons. The fraction of sp³-hybridized carbons (Fsp3) is 0.722. The van der Waals surface area contributed by atoms with E-state index in [0.29, 0.717) is 19.7 Å². The Hall–Kier alpha value is -1.93. The Morgan fingerprint density at radius 2 is 2.08 bits per heavy atom. The number of ether oxygens (including phenoxy) is 1. The van der Waals surface area contributed by atoms with E-state index in [1.807, 2.05) is 0 Å². The summed E-state index contributed by atoms with van der Waals surface area (Å²) in [7, 11) is 3.74. The summed E-state index contributed by atoms with van der Waals surface area (Å²) in [5, 5.41) is 7.15. The van der Waals surface area contributed by atoms with Crippen molar-refractivity contribution in [1.82, 2.24) is 20.0 Å². The molecule has 2 fully saturated rings. The highest BCUT2D eigenvalue weighted by Crippen LogP contribution is 2.17. The lowest BCUT2D eigenvalue weighted by atomic mass is 9.96. The van der Waals surface area contributed by atoms with Crippen molar-refractivity contribution in [2.24, 2.45) is 13.0 Å². The second-order valence-corrected chi connectivity index (χ2v) is 7.27. The van der Waals surface area contributed by atoms with E-state index in [1.165, 1.54) is 4.68 Å². The SMILES string of the molecule is CN1CCC(C(=O)NCC[C@H]2CN(c3cnn(C)c(=O)c3)CCO2)CC1. The molecule has 3 heterocycles. The zero-order valence-electron chi connectivity index (χ0n) is 15.7. The molecule has 2 aliphatic heterocycles. The Morgan fingerprint density at radius 3 is 2.81 bits per heavy atom. The van der Waals surface area contributed by atoms with Gasteiger partial charge < -0.3 is 19.9 Å². The number of hydrogen-bond donors (Lipinski definition) is 1. The lowest BCUT2D eigenvalue weighted by molar-refractivity contribution is -0.126. The van der Waals surface area contributed by atoms with Gasteiger partial charge in [-0.15, -0.1) is 0 Å². The van der Waals surface area contributed by atoms with Gasteiger partial charge in [0.15, 0.2) is 0 Å². The van der Waals surface area contributed by atoms with Gasteiger partial charge in [0.1, 0.15) is 0 Å². The van der Waals surface area contributed by atoms with Crippen LogP contribution in [0.3, 0.4) is 0 Å². The molecule has 8 heteroatoms. The Labute approximate surface area is 154 Å². The van der Waals surface area contributed by atoms with E-state index in [0.717, 1.165) is 44.6 Å². The Bertz CT molecular complexity index is 669. The molecular formula is C18H29N5O3. The summed E-state index contributed by atoms with van der Waals surface area (Å²) in [6, 6.07) is 1.61. The van der Waals surface area contributed by atoms with Crippen LogP contribution in [-0.4, -0.2) is 73.1 Å². The number of nitrogens with zero attached hydrogens (tertiary/aromatic N) is 4. The molecule has 1 N–H and O–H groups in total. The van der Waals surface area contributed by atoms with Gasteiger partial charge in [0.2, 0.25) is 5.91 Å². The van der Waals surface area contributed by atoms with Gasteiger partial charge in [-0.05, 0) is 39.4 Å². The number of carbonyl (C=O) groups excluding carboxylic acids is 1. The minimum Gasteiger partial charge on any atom is -0.374 e. The van der Waals surface area contributed by atoms with Crippen molar-refractivity contribution in [3.05, 3.63) is 22.6 Å². The number of piperidine rings is 1. The van der Waals surface area contributed by atoms with Gasteiger partial charge >= 0.3 is 0 Å². The largest absolute Gasteiger partial charge is 0.374 e. The first-order valence-corrected chi connectivity index (χ1v) is 9.39. The molecule has 1 aromatic heterocycles. The van der Waals surface area contributed by atoms with Crippen LogP contribution >= 0.6 is 0 Å². The Kier molecular flexibility index (Phi) is 6.26. The van der Waals surface area contributed by atoms with E-state index in [1.54, 1.807) is 19.3 Å². The number of morpholine rings is 1. The molecule has 2 aliphatic rings. The van der Waals surface area contributed by atoms with Crippen molar-refractivity contribution in [2.45, 2.75) is 25.4 Å². The van der Waals surface area contributed by atoms with Crippen LogP contribution in [0.1, 0.15) is 19.3 Å². The minimum atomic E-state index is -0.115. The van der Waals surface area contributed by atoms with Crippen LogP contribution < -0.4 is 15.8 Å². The lowest BCUT2D eigenvalue weighted by Gasteiger charge is -2.34. The number of anilines is 1. The third-order valence-electron chi connectivity index (χ3n) is 5.31. The quantitative estimate of drug-likeness (QED) is 0.783. The number of carbonyl (C=O) groups is 1. The van der Waals surface area contributed by atoms with E-state index < -0.39 is 0 Å². The van der Waals surface area contributed by atoms with E-state index in [2.05, 4.69) is 27.3 Å². The molecule has 1 aromatic rings. The molecule has 0 spiro atoms. The maximum Gasteiger partial charge on any atom is 0.268 e. The number of aryl methyl sites for hydroxylation is 1. The predicted octanol–water partition coefficient (Wildman–Crippen LogP) is -0.166. The molecule has 1 atom stereocenters. The predicted molar refractivity (Wildman–Crippen MR) is 99.3 cm³/mol. The van der Waals surface area contributed by atoms with E-state index in [4.69, 9.17) is 4.74 Å². The molecular weight excluding hydrogens is 334 g/mol. The summed E-state index contributed by atoms with van der Waals surface area (Å²) in [6.07, 6.45) is 4.40. The maximum atomic E-state index is 12.3.